The lowest BCUT2D eigenvalue weighted by Gasteiger charge is -2.10. The first-order valence-corrected chi connectivity index (χ1v) is 4.65. The van der Waals surface area contributed by atoms with Gasteiger partial charge in [0.1, 0.15) is 12.2 Å². The van der Waals surface area contributed by atoms with Gasteiger partial charge >= 0.3 is 0 Å². The molecule has 1 rings (SSSR count). The standard InChI is InChI=1S/C8H16N6/c1-3-4-10-8(9)13-6(2)7-11-5-12-14-7/h5-6H,3-4H2,1-2H3,(H3,9,10,13)(H,11,12,14). The van der Waals surface area contributed by atoms with Crippen molar-refractivity contribution in [3.8, 4) is 0 Å². The summed E-state index contributed by atoms with van der Waals surface area (Å²) in [7, 11) is 0. The highest BCUT2D eigenvalue weighted by Gasteiger charge is 2.07. The Bertz CT molecular complexity index is 278. The molecule has 1 unspecified atom stereocenters. The number of nitrogens with two attached hydrogens (primary N) is 1. The second kappa shape index (κ2) is 5.21. The molecule has 0 bridgehead atoms. The van der Waals surface area contributed by atoms with Crippen LogP contribution >= 0.6 is 0 Å². The summed E-state index contributed by atoms with van der Waals surface area (Å²) in [6, 6.07) is -0.00175. The highest BCUT2D eigenvalue weighted by molar-refractivity contribution is 5.78. The smallest absolute Gasteiger partial charge is 0.189 e. The predicted molar refractivity (Wildman–Crippen MR) is 54.7 cm³/mol. The normalized spacial score (nSPS) is 14.0. The van der Waals surface area contributed by atoms with Gasteiger partial charge in [0.25, 0.3) is 0 Å². The first-order valence-electron chi connectivity index (χ1n) is 4.65. The highest BCUT2D eigenvalue weighted by Crippen LogP contribution is 2.02. The Kier molecular flexibility index (Phi) is 3.90. The summed E-state index contributed by atoms with van der Waals surface area (Å²) in [6.45, 7) is 4.73. The zero-order chi connectivity index (χ0) is 10.4. The molecule has 0 amide bonds. The maximum atomic E-state index is 5.64. The van der Waals surface area contributed by atoms with Crippen molar-refractivity contribution in [1.82, 2.24) is 20.5 Å². The average molecular weight is 196 g/mol. The van der Waals surface area contributed by atoms with Crippen LogP contribution in [0, 0.1) is 0 Å². The van der Waals surface area contributed by atoms with Crippen molar-refractivity contribution in [2.75, 3.05) is 6.54 Å². The minimum Gasteiger partial charge on any atom is -0.370 e. The van der Waals surface area contributed by atoms with Gasteiger partial charge in [0.15, 0.2) is 5.96 Å². The quantitative estimate of drug-likeness (QED) is 0.473. The van der Waals surface area contributed by atoms with Crippen LogP contribution in [0.15, 0.2) is 11.3 Å². The fourth-order valence-electron chi connectivity index (χ4n) is 0.992. The molecule has 0 aromatic carbocycles. The Morgan fingerprint density at radius 1 is 1.79 bits per heavy atom. The van der Waals surface area contributed by atoms with Crippen LogP contribution in [-0.4, -0.2) is 27.7 Å². The van der Waals surface area contributed by atoms with Crippen molar-refractivity contribution in [1.29, 1.82) is 0 Å². The van der Waals surface area contributed by atoms with Crippen molar-refractivity contribution in [3.05, 3.63) is 12.2 Å². The fourth-order valence-corrected chi connectivity index (χ4v) is 0.992. The van der Waals surface area contributed by atoms with E-state index in [1.54, 1.807) is 0 Å². The second-order valence-corrected chi connectivity index (χ2v) is 3.00. The van der Waals surface area contributed by atoms with Gasteiger partial charge in [0.2, 0.25) is 0 Å². The maximum absolute atomic E-state index is 5.64. The number of aliphatic imine (C=N–C) groups is 1. The molecule has 0 spiro atoms. The van der Waals surface area contributed by atoms with Gasteiger partial charge in [-0.25, -0.2) is 4.98 Å². The zero-order valence-electron chi connectivity index (χ0n) is 8.49. The summed E-state index contributed by atoms with van der Waals surface area (Å²) in [5.41, 5.74) is 5.64. The van der Waals surface area contributed by atoms with Crippen molar-refractivity contribution >= 4 is 5.96 Å². The molecule has 0 aliphatic heterocycles. The molecular formula is C8H16N6. The van der Waals surface area contributed by atoms with Gasteiger partial charge in [0.05, 0.1) is 6.04 Å². The third-order valence-electron chi connectivity index (χ3n) is 1.71. The number of H-pyrrole nitrogens is 1. The van der Waals surface area contributed by atoms with E-state index in [4.69, 9.17) is 5.73 Å². The maximum Gasteiger partial charge on any atom is 0.189 e. The number of aromatic nitrogens is 3. The molecule has 4 N–H and O–H groups in total. The van der Waals surface area contributed by atoms with E-state index in [1.807, 2.05) is 6.92 Å². The van der Waals surface area contributed by atoms with Gasteiger partial charge in [-0.15, -0.1) is 0 Å². The third kappa shape index (κ3) is 3.04. The molecule has 1 aromatic heterocycles. The number of nitrogens with zero attached hydrogens (tertiary/aromatic N) is 3. The summed E-state index contributed by atoms with van der Waals surface area (Å²) in [5, 5.41) is 9.53. The van der Waals surface area contributed by atoms with Crippen molar-refractivity contribution in [2.24, 2.45) is 10.7 Å². The Hall–Kier alpha value is -1.59. The summed E-state index contributed by atoms with van der Waals surface area (Å²) in [5.74, 6) is 1.19. The topological polar surface area (TPSA) is 92.0 Å². The highest BCUT2D eigenvalue weighted by atomic mass is 15.2. The van der Waals surface area contributed by atoms with Crippen molar-refractivity contribution < 1.29 is 0 Å². The van der Waals surface area contributed by atoms with E-state index >= 15 is 0 Å². The van der Waals surface area contributed by atoms with Crippen LogP contribution in [0.2, 0.25) is 0 Å². The van der Waals surface area contributed by atoms with E-state index in [2.05, 4.69) is 32.4 Å². The fraction of sp³-hybridized carbons (Fsp3) is 0.625. The average Bonchev–Trinajstić information content (AvgIpc) is 2.67. The van der Waals surface area contributed by atoms with Crippen LogP contribution in [0.5, 0.6) is 0 Å². The Morgan fingerprint density at radius 3 is 3.14 bits per heavy atom. The minimum atomic E-state index is -0.00175. The number of nitrogens with one attached hydrogen (secondary N) is 2. The third-order valence-corrected chi connectivity index (χ3v) is 1.71. The molecule has 1 heterocycles. The lowest BCUT2D eigenvalue weighted by molar-refractivity contribution is 0.659. The molecule has 0 radical (unpaired) electrons. The predicted octanol–water partition coefficient (Wildman–Crippen LogP) is 0.180. The van der Waals surface area contributed by atoms with Crippen LogP contribution in [-0.2, 0) is 0 Å². The van der Waals surface area contributed by atoms with E-state index in [0.717, 1.165) is 18.8 Å². The van der Waals surface area contributed by atoms with E-state index in [-0.39, 0.29) is 6.04 Å². The van der Waals surface area contributed by atoms with Crippen molar-refractivity contribution in [2.45, 2.75) is 26.3 Å². The number of hydrogen-bond donors (Lipinski definition) is 3. The van der Waals surface area contributed by atoms with Crippen LogP contribution in [0.25, 0.3) is 0 Å². The lowest BCUT2D eigenvalue weighted by atomic mass is 10.3. The van der Waals surface area contributed by atoms with Gasteiger partial charge < -0.3 is 11.1 Å². The zero-order valence-corrected chi connectivity index (χ0v) is 8.49. The second-order valence-electron chi connectivity index (χ2n) is 3.00. The van der Waals surface area contributed by atoms with E-state index in [0.29, 0.717) is 5.96 Å². The Morgan fingerprint density at radius 2 is 2.57 bits per heavy atom. The summed E-state index contributed by atoms with van der Waals surface area (Å²) >= 11 is 0. The number of aromatic amines is 1. The first-order chi connectivity index (χ1) is 6.74. The molecule has 1 aromatic rings. The van der Waals surface area contributed by atoms with E-state index in [9.17, 15) is 0 Å². The van der Waals surface area contributed by atoms with Gasteiger partial charge in [-0.3, -0.25) is 10.1 Å². The first kappa shape index (κ1) is 10.5. The molecule has 1 atom stereocenters. The molecule has 6 nitrogen and oxygen atoms in total. The van der Waals surface area contributed by atoms with Gasteiger partial charge in [-0.05, 0) is 13.3 Å². The number of guanidine groups is 1. The summed E-state index contributed by atoms with van der Waals surface area (Å²) < 4.78 is 0. The number of hydrogen-bond acceptors (Lipinski definition) is 3. The van der Waals surface area contributed by atoms with E-state index < -0.39 is 0 Å². The molecule has 0 saturated heterocycles. The SMILES string of the molecule is CCCN=C(N)NC(C)c1ncn[nH]1. The number of rotatable bonds is 4. The summed E-state index contributed by atoms with van der Waals surface area (Å²) in [6.07, 6.45) is 2.45. The molecule has 0 aliphatic rings. The molecular weight excluding hydrogens is 180 g/mol. The largest absolute Gasteiger partial charge is 0.370 e. The van der Waals surface area contributed by atoms with Crippen LogP contribution < -0.4 is 11.1 Å². The molecule has 14 heavy (non-hydrogen) atoms. The molecule has 0 fully saturated rings. The summed E-state index contributed by atoms with van der Waals surface area (Å²) in [4.78, 5) is 8.12. The molecule has 6 heteroatoms. The lowest BCUT2D eigenvalue weighted by Crippen LogP contribution is -2.34. The Labute approximate surface area is 83.0 Å². The Balaban J connectivity index is 2.44. The van der Waals surface area contributed by atoms with Crippen LogP contribution in [0.3, 0.4) is 0 Å². The monoisotopic (exact) mass is 196 g/mol. The van der Waals surface area contributed by atoms with E-state index in [1.165, 1.54) is 6.33 Å². The molecule has 0 saturated carbocycles. The van der Waals surface area contributed by atoms with Gasteiger partial charge in [-0.2, -0.15) is 5.10 Å². The molecule has 0 aliphatic carbocycles. The van der Waals surface area contributed by atoms with Crippen LogP contribution in [0.1, 0.15) is 32.1 Å². The van der Waals surface area contributed by atoms with Gasteiger partial charge in [0, 0.05) is 6.54 Å². The minimum absolute atomic E-state index is 0.00175. The van der Waals surface area contributed by atoms with Gasteiger partial charge in [-0.1, -0.05) is 6.92 Å². The molecule has 78 valence electrons. The van der Waals surface area contributed by atoms with Crippen molar-refractivity contribution in [3.63, 3.8) is 0 Å². The van der Waals surface area contributed by atoms with Crippen LogP contribution in [0.4, 0.5) is 0 Å².